The third kappa shape index (κ3) is 5.31. The Balaban J connectivity index is 2.61. The van der Waals surface area contributed by atoms with Crippen LogP contribution in [0.15, 0.2) is 12.1 Å². The average molecular weight is 444 g/mol. The van der Waals surface area contributed by atoms with Gasteiger partial charge in [-0.1, -0.05) is 11.6 Å². The minimum Gasteiger partial charge on any atom is -0.452 e. The Bertz CT molecular complexity index is 904. The molecular weight excluding hydrogens is 432 g/mol. The number of amides is 1. The summed E-state index contributed by atoms with van der Waals surface area (Å²) in [5, 5.41) is 1.24. The Morgan fingerprint density at radius 1 is 1.14 bits per heavy atom. The van der Waals surface area contributed by atoms with Gasteiger partial charge in [-0.15, -0.1) is 0 Å². The molecule has 7 nitrogen and oxygen atoms in total. The minimum atomic E-state index is -4.76. The Labute approximate surface area is 164 Å². The second-order valence-corrected chi connectivity index (χ2v) is 5.81. The highest BCUT2D eigenvalue weighted by Gasteiger charge is 2.37. The van der Waals surface area contributed by atoms with Gasteiger partial charge in [0, 0.05) is 12.1 Å². The second-order valence-electron chi connectivity index (χ2n) is 5.46. The molecule has 0 spiro atoms. The van der Waals surface area contributed by atoms with Gasteiger partial charge in [-0.2, -0.15) is 23.1 Å². The number of nitrogens with one attached hydrogen (secondary N) is 3. The van der Waals surface area contributed by atoms with Gasteiger partial charge in [0.2, 0.25) is 5.95 Å². The van der Waals surface area contributed by atoms with Crippen LogP contribution in [0.5, 0.6) is 0 Å². The Hall–Kier alpha value is -2.96. The molecule has 0 aliphatic carbocycles. The fourth-order valence-electron chi connectivity index (χ4n) is 2.04. The summed E-state index contributed by atoms with van der Waals surface area (Å²) in [6.07, 6.45) is -5.76. The number of anilines is 2. The first-order valence-corrected chi connectivity index (χ1v) is 7.97. The summed E-state index contributed by atoms with van der Waals surface area (Å²) in [5.41, 5.74) is 2.42. The van der Waals surface area contributed by atoms with Crippen LogP contribution in [-0.2, 0) is 4.74 Å². The predicted octanol–water partition coefficient (Wildman–Crippen LogP) is 4.26. The molecule has 1 aromatic carbocycles. The topological polar surface area (TPSA) is 88.2 Å². The number of hydrogen-bond donors (Lipinski definition) is 3. The molecule has 0 saturated carbocycles. The van der Waals surface area contributed by atoms with E-state index in [-0.39, 0.29) is 0 Å². The molecule has 1 amide bonds. The zero-order valence-corrected chi connectivity index (χ0v) is 15.3. The molecule has 0 saturated heterocycles. The van der Waals surface area contributed by atoms with Crippen molar-refractivity contribution in [1.29, 1.82) is 0 Å². The molecule has 158 valence electrons. The molecule has 1 aromatic heterocycles. The Morgan fingerprint density at radius 2 is 1.72 bits per heavy atom. The average Bonchev–Trinajstić information content (AvgIpc) is 2.60. The van der Waals surface area contributed by atoms with Crippen LogP contribution in [0.4, 0.5) is 42.9 Å². The van der Waals surface area contributed by atoms with E-state index in [1.165, 1.54) is 0 Å². The van der Waals surface area contributed by atoms with E-state index >= 15 is 0 Å². The van der Waals surface area contributed by atoms with Crippen LogP contribution in [0, 0.1) is 17.5 Å². The number of halogens is 7. The van der Waals surface area contributed by atoms with Crippen LogP contribution in [0.3, 0.4) is 0 Å². The van der Waals surface area contributed by atoms with Gasteiger partial charge in [0.05, 0.1) is 18.2 Å². The number of hydrogen-bond acceptors (Lipinski definition) is 6. The first-order valence-electron chi connectivity index (χ1n) is 7.59. The summed E-state index contributed by atoms with van der Waals surface area (Å²) in [5.74, 6) is -5.38. The number of carbonyl (C=O) groups excluding carboxylic acids is 1. The van der Waals surface area contributed by atoms with Crippen molar-refractivity contribution < 1.29 is 35.9 Å². The van der Waals surface area contributed by atoms with Crippen LogP contribution in [0.1, 0.15) is 6.92 Å². The third-order valence-corrected chi connectivity index (χ3v) is 3.70. The lowest BCUT2D eigenvalue weighted by Gasteiger charge is -2.21. The van der Waals surface area contributed by atoms with Crippen LogP contribution >= 0.6 is 11.6 Å². The van der Waals surface area contributed by atoms with Gasteiger partial charge in [0.25, 0.3) is 0 Å². The van der Waals surface area contributed by atoms with E-state index in [0.717, 1.165) is 14.0 Å². The van der Waals surface area contributed by atoms with Gasteiger partial charge in [-0.3, -0.25) is 5.43 Å². The normalized spacial score (nSPS) is 12.3. The van der Waals surface area contributed by atoms with Crippen molar-refractivity contribution in [3.63, 3.8) is 0 Å². The molecule has 0 aliphatic heterocycles. The van der Waals surface area contributed by atoms with E-state index in [1.807, 2.05) is 10.7 Å². The molecule has 0 bridgehead atoms. The van der Waals surface area contributed by atoms with E-state index in [1.54, 1.807) is 0 Å². The number of methoxy groups -OCH3 is 1. The lowest BCUT2D eigenvalue weighted by atomic mass is 10.1. The standard InChI is InChI=1S/C15H12ClF6N5O2/c1-5(15(20,21)22)23-12-10(9-7(18)3-6(17)4-8(9)19)11(16)24-13(25-12)26-27-14(28)29-2/h3-5H,1-2H3,(H,27,28)(H2,23,24,25,26)/t5-/m0/s1. The van der Waals surface area contributed by atoms with E-state index in [2.05, 4.69) is 20.1 Å². The summed E-state index contributed by atoms with van der Waals surface area (Å²) in [4.78, 5) is 18.4. The maximum absolute atomic E-state index is 14.2. The number of hydrazine groups is 1. The van der Waals surface area contributed by atoms with E-state index in [4.69, 9.17) is 11.6 Å². The van der Waals surface area contributed by atoms with Crippen LogP contribution in [0.25, 0.3) is 11.1 Å². The number of ether oxygens (including phenoxy) is 1. The van der Waals surface area contributed by atoms with Crippen molar-refractivity contribution in [1.82, 2.24) is 15.4 Å². The lowest BCUT2D eigenvalue weighted by Crippen LogP contribution is -2.34. The summed E-state index contributed by atoms with van der Waals surface area (Å²) >= 11 is 5.92. The van der Waals surface area contributed by atoms with Gasteiger partial charge in [-0.25, -0.2) is 23.4 Å². The van der Waals surface area contributed by atoms with Crippen LogP contribution in [0.2, 0.25) is 5.15 Å². The Morgan fingerprint density at radius 3 is 2.24 bits per heavy atom. The summed E-state index contributed by atoms with van der Waals surface area (Å²) in [7, 11) is 1.03. The van der Waals surface area contributed by atoms with Gasteiger partial charge in [-0.05, 0) is 6.92 Å². The van der Waals surface area contributed by atoms with E-state index in [0.29, 0.717) is 12.1 Å². The smallest absolute Gasteiger partial charge is 0.425 e. The maximum atomic E-state index is 14.2. The number of nitrogens with zero attached hydrogens (tertiary/aromatic N) is 2. The molecule has 1 heterocycles. The van der Waals surface area contributed by atoms with Crippen LogP contribution in [-0.4, -0.2) is 35.4 Å². The molecule has 1 atom stereocenters. The van der Waals surface area contributed by atoms with Crippen molar-refractivity contribution >= 4 is 29.5 Å². The van der Waals surface area contributed by atoms with Crippen molar-refractivity contribution in [3.05, 3.63) is 34.7 Å². The first kappa shape index (κ1) is 22.3. The summed E-state index contributed by atoms with van der Waals surface area (Å²) in [6, 6.07) is -1.59. The highest BCUT2D eigenvalue weighted by Crippen LogP contribution is 2.38. The number of alkyl halides is 3. The molecular formula is C15H12ClF6N5O2. The number of aromatic nitrogens is 2. The quantitative estimate of drug-likeness (QED) is 0.363. The molecule has 0 aliphatic rings. The van der Waals surface area contributed by atoms with Crippen molar-refractivity contribution in [2.45, 2.75) is 19.1 Å². The van der Waals surface area contributed by atoms with Gasteiger partial charge < -0.3 is 10.1 Å². The summed E-state index contributed by atoms with van der Waals surface area (Å²) < 4.78 is 84.7. The molecule has 0 radical (unpaired) electrons. The highest BCUT2D eigenvalue weighted by molar-refractivity contribution is 6.32. The predicted molar refractivity (Wildman–Crippen MR) is 90.7 cm³/mol. The molecule has 0 fully saturated rings. The fraction of sp³-hybridized carbons (Fsp3) is 0.267. The highest BCUT2D eigenvalue weighted by atomic mass is 35.5. The molecule has 0 unspecified atom stereocenters. The number of rotatable bonds is 5. The number of carbonyl (C=O) groups is 1. The van der Waals surface area contributed by atoms with Crippen molar-refractivity contribution in [2.75, 3.05) is 17.9 Å². The Kier molecular flexibility index (Phi) is 6.62. The lowest BCUT2D eigenvalue weighted by molar-refractivity contribution is -0.138. The van der Waals surface area contributed by atoms with Gasteiger partial charge in [0.1, 0.15) is 34.5 Å². The van der Waals surface area contributed by atoms with Crippen molar-refractivity contribution in [2.24, 2.45) is 0 Å². The second kappa shape index (κ2) is 8.59. The molecule has 14 heteroatoms. The van der Waals surface area contributed by atoms with E-state index in [9.17, 15) is 31.1 Å². The SMILES string of the molecule is COC(=O)NNc1nc(Cl)c(-c2c(F)cc(F)cc2F)c(N[C@@H](C)C(F)(F)F)n1. The first-order chi connectivity index (χ1) is 13.4. The number of benzene rings is 1. The fourth-order valence-corrected chi connectivity index (χ4v) is 2.31. The third-order valence-electron chi connectivity index (χ3n) is 3.43. The zero-order chi connectivity index (χ0) is 21.9. The van der Waals surface area contributed by atoms with Crippen molar-refractivity contribution in [3.8, 4) is 11.1 Å². The molecule has 2 rings (SSSR count). The van der Waals surface area contributed by atoms with Gasteiger partial charge in [0.15, 0.2) is 0 Å². The maximum Gasteiger partial charge on any atom is 0.425 e. The molecule has 3 N–H and O–H groups in total. The minimum absolute atomic E-state index is 0.316. The van der Waals surface area contributed by atoms with E-state index < -0.39 is 63.8 Å². The zero-order valence-electron chi connectivity index (χ0n) is 14.6. The molecule has 2 aromatic rings. The molecule has 29 heavy (non-hydrogen) atoms. The van der Waals surface area contributed by atoms with Gasteiger partial charge >= 0.3 is 12.3 Å². The monoisotopic (exact) mass is 443 g/mol. The van der Waals surface area contributed by atoms with Crippen LogP contribution < -0.4 is 16.2 Å². The largest absolute Gasteiger partial charge is 0.452 e. The summed E-state index contributed by atoms with van der Waals surface area (Å²) in [6.45, 7) is 0.719.